The number of hydrogen-bond donors (Lipinski definition) is 1. The number of carbonyl (C=O) groups is 1. The fraction of sp³-hybridized carbons (Fsp3) is 0.893. The number of fused-ring (bicyclic) bond motifs is 5. The van der Waals surface area contributed by atoms with Gasteiger partial charge >= 0.3 is 0 Å². The van der Waals surface area contributed by atoms with Gasteiger partial charge in [-0.05, 0) is 96.4 Å². The van der Waals surface area contributed by atoms with E-state index < -0.39 is 0 Å². The van der Waals surface area contributed by atoms with E-state index in [0.717, 1.165) is 36.0 Å². The molecule has 30 heavy (non-hydrogen) atoms. The highest BCUT2D eigenvalue weighted by atomic mass is 16.3. The molecule has 0 amide bonds. The average Bonchev–Trinajstić information content (AvgIpc) is 3.02. The molecular weight excluding hydrogens is 368 g/mol. The van der Waals surface area contributed by atoms with Gasteiger partial charge in [0.1, 0.15) is 0 Å². The summed E-state index contributed by atoms with van der Waals surface area (Å²) in [7, 11) is 0. The van der Waals surface area contributed by atoms with Gasteiger partial charge in [0.25, 0.3) is 0 Å². The zero-order chi connectivity index (χ0) is 21.8. The molecule has 4 aliphatic carbocycles. The van der Waals surface area contributed by atoms with Gasteiger partial charge in [-0.3, -0.25) is 4.79 Å². The minimum absolute atomic E-state index is 0.00791. The van der Waals surface area contributed by atoms with Gasteiger partial charge in [0.2, 0.25) is 0 Å². The topological polar surface area (TPSA) is 37.3 Å². The fourth-order valence-corrected chi connectivity index (χ4v) is 8.79. The van der Waals surface area contributed by atoms with Gasteiger partial charge in [-0.2, -0.15) is 0 Å². The second-order valence-corrected chi connectivity index (χ2v) is 12.7. The normalized spacial score (nSPS) is 47.5. The van der Waals surface area contributed by atoms with Crippen molar-refractivity contribution in [1.82, 2.24) is 0 Å². The first-order valence-electron chi connectivity index (χ1n) is 13.0. The summed E-state index contributed by atoms with van der Waals surface area (Å²) in [5.74, 6) is 5.53. The second kappa shape index (κ2) is 8.05. The van der Waals surface area contributed by atoms with E-state index in [1.165, 1.54) is 38.5 Å². The molecule has 170 valence electrons. The van der Waals surface area contributed by atoms with Crippen molar-refractivity contribution in [3.05, 3.63) is 12.2 Å². The molecule has 0 aromatic carbocycles. The Morgan fingerprint density at radius 1 is 1.07 bits per heavy atom. The highest BCUT2D eigenvalue weighted by molar-refractivity contribution is 5.91. The van der Waals surface area contributed by atoms with Crippen LogP contribution >= 0.6 is 0 Å². The van der Waals surface area contributed by atoms with E-state index in [2.05, 4.69) is 47.6 Å². The van der Waals surface area contributed by atoms with E-state index in [0.29, 0.717) is 29.6 Å². The summed E-state index contributed by atoms with van der Waals surface area (Å²) in [6, 6.07) is 0. The number of carbonyl (C=O) groups excluding carboxylic acids is 1. The molecule has 10 unspecified atom stereocenters. The van der Waals surface area contributed by atoms with E-state index >= 15 is 0 Å². The van der Waals surface area contributed by atoms with Gasteiger partial charge in [0.15, 0.2) is 5.78 Å². The Kier molecular flexibility index (Phi) is 6.06. The average molecular weight is 415 g/mol. The van der Waals surface area contributed by atoms with Gasteiger partial charge in [-0.15, -0.1) is 0 Å². The first kappa shape index (κ1) is 22.6. The molecule has 0 radical (unpaired) electrons. The molecule has 2 nitrogen and oxygen atoms in total. The van der Waals surface area contributed by atoms with E-state index in [1.807, 2.05) is 6.08 Å². The third-order valence-corrected chi connectivity index (χ3v) is 10.9. The number of aliphatic hydroxyl groups excluding tert-OH is 1. The molecule has 0 aromatic heterocycles. The molecule has 2 heteroatoms. The third-order valence-electron chi connectivity index (χ3n) is 10.9. The summed E-state index contributed by atoms with van der Waals surface area (Å²) < 4.78 is 0. The SMILES string of the molecule is CC(C)C(C)CCC(C)C1CCC2C3CCC4CC(=O)C=CC4(C)C3C(O)CC12C. The van der Waals surface area contributed by atoms with E-state index in [-0.39, 0.29) is 17.3 Å². The van der Waals surface area contributed by atoms with Crippen molar-refractivity contribution in [1.29, 1.82) is 0 Å². The minimum Gasteiger partial charge on any atom is -0.393 e. The van der Waals surface area contributed by atoms with Crippen molar-refractivity contribution in [3.8, 4) is 0 Å². The number of hydrogen-bond acceptors (Lipinski definition) is 2. The van der Waals surface area contributed by atoms with E-state index in [4.69, 9.17) is 0 Å². The third kappa shape index (κ3) is 3.54. The maximum atomic E-state index is 12.1. The molecular formula is C28H46O2. The van der Waals surface area contributed by atoms with Crippen LogP contribution in [-0.4, -0.2) is 17.0 Å². The van der Waals surface area contributed by atoms with Crippen molar-refractivity contribution in [2.75, 3.05) is 0 Å². The van der Waals surface area contributed by atoms with Crippen LogP contribution in [0, 0.1) is 58.2 Å². The largest absolute Gasteiger partial charge is 0.393 e. The predicted molar refractivity (Wildman–Crippen MR) is 124 cm³/mol. The molecule has 1 N–H and O–H groups in total. The Bertz CT molecular complexity index is 680. The first-order chi connectivity index (χ1) is 14.1. The number of ketones is 1. The van der Waals surface area contributed by atoms with Crippen LogP contribution in [0.2, 0.25) is 0 Å². The Hall–Kier alpha value is -0.630. The smallest absolute Gasteiger partial charge is 0.155 e. The molecule has 0 heterocycles. The molecule has 4 rings (SSSR count). The lowest BCUT2D eigenvalue weighted by atomic mass is 9.44. The van der Waals surface area contributed by atoms with Crippen molar-refractivity contribution in [2.24, 2.45) is 58.2 Å². The van der Waals surface area contributed by atoms with Gasteiger partial charge in [-0.25, -0.2) is 0 Å². The van der Waals surface area contributed by atoms with Crippen LogP contribution in [0.5, 0.6) is 0 Å². The highest BCUT2D eigenvalue weighted by Crippen LogP contribution is 2.67. The predicted octanol–water partition coefficient (Wildman–Crippen LogP) is 6.67. The zero-order valence-electron chi connectivity index (χ0n) is 20.4. The minimum atomic E-state index is -0.218. The first-order valence-corrected chi connectivity index (χ1v) is 13.0. The maximum absolute atomic E-state index is 12.1. The number of aliphatic hydroxyl groups is 1. The van der Waals surface area contributed by atoms with Crippen LogP contribution in [-0.2, 0) is 4.79 Å². The van der Waals surface area contributed by atoms with Crippen LogP contribution in [0.1, 0.15) is 92.9 Å². The van der Waals surface area contributed by atoms with Crippen molar-refractivity contribution < 1.29 is 9.90 Å². The monoisotopic (exact) mass is 414 g/mol. The summed E-state index contributed by atoms with van der Waals surface area (Å²) >= 11 is 0. The Morgan fingerprint density at radius 3 is 2.50 bits per heavy atom. The van der Waals surface area contributed by atoms with Crippen LogP contribution in [0.15, 0.2) is 12.2 Å². The second-order valence-electron chi connectivity index (χ2n) is 12.7. The van der Waals surface area contributed by atoms with Crippen molar-refractivity contribution in [2.45, 2.75) is 99.0 Å². The summed E-state index contributed by atoms with van der Waals surface area (Å²) in [6.45, 7) is 14.5. The molecule has 10 atom stereocenters. The summed E-state index contributed by atoms with van der Waals surface area (Å²) in [6.07, 6.45) is 13.2. The van der Waals surface area contributed by atoms with Gasteiger partial charge in [0.05, 0.1) is 6.10 Å². The number of allylic oxidation sites excluding steroid dienone is 2. The standard InChI is InChI=1S/C28H46O2/c1-17(2)18(3)7-8-19(4)23-11-12-24-22-10-9-20-15-21(29)13-14-27(20,5)26(22)25(30)16-28(23,24)6/h13-14,17-20,22-26,30H,7-12,15-16H2,1-6H3. The van der Waals surface area contributed by atoms with Crippen LogP contribution in [0.4, 0.5) is 0 Å². The molecule has 0 spiro atoms. The molecule has 0 bridgehead atoms. The fourth-order valence-electron chi connectivity index (χ4n) is 8.79. The van der Waals surface area contributed by atoms with Crippen LogP contribution < -0.4 is 0 Å². The molecule has 0 aromatic rings. The Morgan fingerprint density at radius 2 is 1.80 bits per heavy atom. The summed E-state index contributed by atoms with van der Waals surface area (Å²) in [5.41, 5.74) is 0.298. The molecule has 3 saturated carbocycles. The zero-order valence-corrected chi connectivity index (χ0v) is 20.4. The molecule has 0 aliphatic heterocycles. The summed E-state index contributed by atoms with van der Waals surface area (Å²) in [5, 5.41) is 11.6. The lowest BCUT2D eigenvalue weighted by Gasteiger charge is -2.61. The lowest BCUT2D eigenvalue weighted by molar-refractivity contribution is -0.153. The lowest BCUT2D eigenvalue weighted by Crippen LogP contribution is -2.58. The van der Waals surface area contributed by atoms with E-state index in [9.17, 15) is 9.90 Å². The quantitative estimate of drug-likeness (QED) is 0.545. The van der Waals surface area contributed by atoms with Crippen molar-refractivity contribution >= 4 is 5.78 Å². The Balaban J connectivity index is 1.53. The summed E-state index contributed by atoms with van der Waals surface area (Å²) in [4.78, 5) is 12.1. The molecule has 3 fully saturated rings. The van der Waals surface area contributed by atoms with Gasteiger partial charge in [-0.1, -0.05) is 60.5 Å². The van der Waals surface area contributed by atoms with Crippen molar-refractivity contribution in [3.63, 3.8) is 0 Å². The number of rotatable bonds is 5. The van der Waals surface area contributed by atoms with E-state index in [1.54, 1.807) is 0 Å². The maximum Gasteiger partial charge on any atom is 0.155 e. The molecule has 4 aliphatic rings. The molecule has 0 saturated heterocycles. The van der Waals surface area contributed by atoms with Gasteiger partial charge < -0.3 is 5.11 Å². The highest BCUT2D eigenvalue weighted by Gasteiger charge is 2.62. The van der Waals surface area contributed by atoms with Gasteiger partial charge in [0, 0.05) is 6.42 Å². The van der Waals surface area contributed by atoms with Crippen LogP contribution in [0.3, 0.4) is 0 Å². The van der Waals surface area contributed by atoms with Crippen LogP contribution in [0.25, 0.3) is 0 Å². The Labute approximate surface area is 185 Å².